The molecule has 1 aromatic heterocycles. The molecule has 0 aliphatic carbocycles. The number of hydrogen-bond donors (Lipinski definition) is 0. The average molecular weight is 275 g/mol. The van der Waals surface area contributed by atoms with Gasteiger partial charge in [0.25, 0.3) is 16.1 Å². The Balaban J connectivity index is 3.54. The van der Waals surface area contributed by atoms with Gasteiger partial charge in [0, 0.05) is 0 Å². The Labute approximate surface area is 102 Å². The molecule has 1 heterocycles. The Morgan fingerprint density at radius 1 is 1.59 bits per heavy atom. The molecular weight excluding hydrogens is 266 g/mol. The normalized spacial score (nSPS) is 10.7. The van der Waals surface area contributed by atoms with Crippen LogP contribution in [0.2, 0.25) is 0 Å². The second kappa shape index (κ2) is 5.22. The van der Waals surface area contributed by atoms with Crippen molar-refractivity contribution in [3.63, 3.8) is 0 Å². The zero-order valence-corrected chi connectivity index (χ0v) is 10.7. The predicted octanol–water partition coefficient (Wildman–Crippen LogP) is 1.12. The minimum atomic E-state index is -4.18. The summed E-state index contributed by atoms with van der Waals surface area (Å²) in [7, 11) is -3.04. The van der Waals surface area contributed by atoms with Crippen molar-refractivity contribution in [2.24, 2.45) is 4.40 Å². The Bertz CT molecular complexity index is 581. The third-order valence-corrected chi connectivity index (χ3v) is 4.42. The molecule has 0 aliphatic rings. The highest BCUT2D eigenvalue weighted by atomic mass is 32.2. The predicted molar refractivity (Wildman–Crippen MR) is 60.3 cm³/mol. The molecule has 1 aromatic rings. The van der Waals surface area contributed by atoms with Crippen LogP contribution in [-0.4, -0.2) is 27.6 Å². The molecule has 0 aromatic carbocycles. The van der Waals surface area contributed by atoms with E-state index in [4.69, 9.17) is 0 Å². The van der Waals surface area contributed by atoms with E-state index in [-0.39, 0.29) is 9.77 Å². The number of sulfonamides is 1. The van der Waals surface area contributed by atoms with Gasteiger partial charge in [-0.25, -0.2) is 9.59 Å². The van der Waals surface area contributed by atoms with Crippen molar-refractivity contribution in [3.8, 4) is 0 Å². The van der Waals surface area contributed by atoms with Crippen LogP contribution in [0.25, 0.3) is 0 Å². The molecule has 0 saturated carbocycles. The molecular formula is C9H9NO5S2. The van der Waals surface area contributed by atoms with E-state index in [9.17, 15) is 18.0 Å². The largest absolute Gasteiger partial charge is 0.465 e. The zero-order valence-electron chi connectivity index (χ0n) is 9.09. The molecule has 0 fully saturated rings. The number of carbonyl (C=O) groups is 1. The molecule has 17 heavy (non-hydrogen) atoms. The first-order chi connectivity index (χ1) is 7.97. The lowest BCUT2D eigenvalue weighted by atomic mass is 10.2. The standard InChI is InChI=1S/C9H9NO5S2/c1-3-6-4-16-7(9(12)15-2)8(6)17(13,14)10-5-11/h4H,3H2,1-2H3. The van der Waals surface area contributed by atoms with Crippen LogP contribution in [0.15, 0.2) is 14.7 Å². The fourth-order valence-electron chi connectivity index (χ4n) is 1.24. The number of hydrogen-bond acceptors (Lipinski definition) is 6. The second-order valence-corrected chi connectivity index (χ2v) is 5.34. The number of aryl methyl sites for hydroxylation is 1. The van der Waals surface area contributed by atoms with Gasteiger partial charge in [-0.2, -0.15) is 8.42 Å². The highest BCUT2D eigenvalue weighted by Gasteiger charge is 2.28. The van der Waals surface area contributed by atoms with Crippen LogP contribution in [-0.2, 0) is 26.0 Å². The third kappa shape index (κ3) is 2.60. The molecule has 0 atom stereocenters. The van der Waals surface area contributed by atoms with E-state index in [2.05, 4.69) is 9.13 Å². The topological polar surface area (TPSA) is 89.9 Å². The van der Waals surface area contributed by atoms with Crippen LogP contribution in [0.1, 0.15) is 22.2 Å². The molecule has 0 unspecified atom stereocenters. The van der Waals surface area contributed by atoms with Gasteiger partial charge in [0.1, 0.15) is 9.77 Å². The van der Waals surface area contributed by atoms with Gasteiger partial charge in [0.15, 0.2) is 0 Å². The summed E-state index contributed by atoms with van der Waals surface area (Å²) in [6, 6.07) is 0. The van der Waals surface area contributed by atoms with E-state index in [1.165, 1.54) is 5.38 Å². The lowest BCUT2D eigenvalue weighted by Crippen LogP contribution is -2.07. The summed E-state index contributed by atoms with van der Waals surface area (Å²) in [6.45, 7) is 1.73. The Morgan fingerprint density at radius 2 is 2.24 bits per heavy atom. The number of esters is 1. The SMILES string of the molecule is CCc1csc(C(=O)OC)c1S(=O)(=O)N=C=O. The molecule has 92 valence electrons. The van der Waals surface area contributed by atoms with Gasteiger partial charge >= 0.3 is 5.97 Å². The molecule has 0 bridgehead atoms. The van der Waals surface area contributed by atoms with Crippen molar-refractivity contribution in [1.29, 1.82) is 0 Å². The molecule has 0 saturated heterocycles. The number of methoxy groups -OCH3 is 1. The summed E-state index contributed by atoms with van der Waals surface area (Å²) in [5.74, 6) is -0.769. The first-order valence-electron chi connectivity index (χ1n) is 4.50. The molecule has 6 nitrogen and oxygen atoms in total. The summed E-state index contributed by atoms with van der Waals surface area (Å²) in [4.78, 5) is 21.1. The first-order valence-corrected chi connectivity index (χ1v) is 6.82. The van der Waals surface area contributed by atoms with E-state index < -0.39 is 16.0 Å². The van der Waals surface area contributed by atoms with Crippen molar-refractivity contribution >= 4 is 33.4 Å². The quantitative estimate of drug-likeness (QED) is 0.466. The summed E-state index contributed by atoms with van der Waals surface area (Å²) >= 11 is 0.943. The van der Waals surface area contributed by atoms with Crippen molar-refractivity contribution in [2.75, 3.05) is 7.11 Å². The summed E-state index contributed by atoms with van der Waals surface area (Å²) in [6.07, 6.45) is 1.37. The van der Waals surface area contributed by atoms with Gasteiger partial charge < -0.3 is 4.74 Å². The van der Waals surface area contributed by atoms with Crippen LogP contribution < -0.4 is 0 Å². The van der Waals surface area contributed by atoms with Gasteiger partial charge in [-0.3, -0.25) is 0 Å². The van der Waals surface area contributed by atoms with Crippen LogP contribution in [0, 0.1) is 0 Å². The van der Waals surface area contributed by atoms with Crippen LogP contribution in [0.3, 0.4) is 0 Å². The highest BCUT2D eigenvalue weighted by Crippen LogP contribution is 2.29. The fraction of sp³-hybridized carbons (Fsp3) is 0.333. The van der Waals surface area contributed by atoms with Gasteiger partial charge in [-0.05, 0) is 17.4 Å². The van der Waals surface area contributed by atoms with Crippen molar-refractivity contribution in [1.82, 2.24) is 0 Å². The van der Waals surface area contributed by atoms with E-state index in [0.29, 0.717) is 12.0 Å². The monoisotopic (exact) mass is 275 g/mol. The van der Waals surface area contributed by atoms with E-state index in [0.717, 1.165) is 24.5 Å². The van der Waals surface area contributed by atoms with Crippen molar-refractivity contribution in [2.45, 2.75) is 18.2 Å². The van der Waals surface area contributed by atoms with Gasteiger partial charge in [-0.15, -0.1) is 11.3 Å². The van der Waals surface area contributed by atoms with E-state index in [1.807, 2.05) is 0 Å². The number of rotatable bonds is 4. The number of nitrogens with zero attached hydrogens (tertiary/aromatic N) is 1. The molecule has 8 heteroatoms. The van der Waals surface area contributed by atoms with Gasteiger partial charge in [0.05, 0.1) is 7.11 Å². The number of isocyanates is 1. The summed E-state index contributed by atoms with van der Waals surface area (Å²) in [5.41, 5.74) is 0.425. The maximum absolute atomic E-state index is 11.7. The van der Waals surface area contributed by atoms with Gasteiger partial charge in [-0.1, -0.05) is 11.3 Å². The number of thiophene rings is 1. The zero-order chi connectivity index (χ0) is 13.1. The molecule has 0 radical (unpaired) electrons. The fourth-order valence-corrected chi connectivity index (χ4v) is 3.78. The van der Waals surface area contributed by atoms with Crippen LogP contribution >= 0.6 is 11.3 Å². The number of ether oxygens (including phenoxy) is 1. The van der Waals surface area contributed by atoms with Gasteiger partial charge in [0.2, 0.25) is 0 Å². The first kappa shape index (κ1) is 13.6. The second-order valence-electron chi connectivity index (χ2n) is 2.92. The molecule has 1 rings (SSSR count). The maximum atomic E-state index is 11.7. The summed E-state index contributed by atoms with van der Waals surface area (Å²) in [5, 5.41) is 1.53. The lowest BCUT2D eigenvalue weighted by molar-refractivity contribution is 0.0602. The smallest absolute Gasteiger partial charge is 0.349 e. The highest BCUT2D eigenvalue weighted by molar-refractivity contribution is 7.90. The van der Waals surface area contributed by atoms with Crippen LogP contribution in [0.4, 0.5) is 0 Å². The minimum Gasteiger partial charge on any atom is -0.465 e. The number of carbonyl (C=O) groups excluding carboxylic acids is 2. The Kier molecular flexibility index (Phi) is 4.17. The van der Waals surface area contributed by atoms with Crippen molar-refractivity contribution < 1.29 is 22.7 Å². The van der Waals surface area contributed by atoms with E-state index in [1.54, 1.807) is 6.92 Å². The summed E-state index contributed by atoms with van der Waals surface area (Å²) < 4.78 is 30.6. The maximum Gasteiger partial charge on any atom is 0.349 e. The minimum absolute atomic E-state index is 0.0802. The van der Waals surface area contributed by atoms with Crippen LogP contribution in [0.5, 0.6) is 0 Å². The van der Waals surface area contributed by atoms with Crippen molar-refractivity contribution in [3.05, 3.63) is 15.8 Å². The molecule has 0 spiro atoms. The Hall–Kier alpha value is -1.50. The molecule has 0 aliphatic heterocycles. The third-order valence-electron chi connectivity index (χ3n) is 1.98. The van der Waals surface area contributed by atoms with E-state index >= 15 is 0 Å². The lowest BCUT2D eigenvalue weighted by Gasteiger charge is -2.01. The Morgan fingerprint density at radius 3 is 2.71 bits per heavy atom. The average Bonchev–Trinajstić information content (AvgIpc) is 2.72. The molecule has 0 amide bonds. The molecule has 0 N–H and O–H groups in total.